The molecule has 0 N–H and O–H groups in total. The number of carbonyl (C=O) groups is 2. The number of rotatable bonds is 7. The lowest BCUT2D eigenvalue weighted by Gasteiger charge is -2.43. The molecule has 3 rings (SSSR count). The average Bonchev–Trinajstić information content (AvgIpc) is 2.77. The van der Waals surface area contributed by atoms with Crippen LogP contribution in [0.2, 0.25) is 0 Å². The first-order valence-corrected chi connectivity index (χ1v) is 10.8. The van der Waals surface area contributed by atoms with Crippen molar-refractivity contribution in [3.05, 3.63) is 30.1 Å². The lowest BCUT2D eigenvalue weighted by atomic mass is 9.96. The highest BCUT2D eigenvalue weighted by molar-refractivity contribution is 5.79. The van der Waals surface area contributed by atoms with Crippen LogP contribution in [0.3, 0.4) is 0 Å². The van der Waals surface area contributed by atoms with E-state index in [2.05, 4.69) is 0 Å². The van der Waals surface area contributed by atoms with Crippen LogP contribution in [0.1, 0.15) is 38.5 Å². The molecule has 0 bridgehead atoms. The summed E-state index contributed by atoms with van der Waals surface area (Å²) in [5, 5.41) is 0. The first-order chi connectivity index (χ1) is 15.2. The highest BCUT2D eigenvalue weighted by Gasteiger charge is 2.42. The predicted octanol–water partition coefficient (Wildman–Crippen LogP) is 3.55. The molecule has 178 valence electrons. The van der Waals surface area contributed by atoms with Crippen LogP contribution in [0.25, 0.3) is 0 Å². The van der Waals surface area contributed by atoms with Crippen molar-refractivity contribution < 1.29 is 36.6 Å². The van der Waals surface area contributed by atoms with Gasteiger partial charge in [-0.05, 0) is 43.5 Å². The second-order valence-electron chi connectivity index (χ2n) is 8.32. The Bertz CT molecular complexity index is 781. The smallest absolute Gasteiger partial charge is 0.389 e. The summed E-state index contributed by atoms with van der Waals surface area (Å²) < 4.78 is 62.5. The summed E-state index contributed by atoms with van der Waals surface area (Å²) in [7, 11) is 0. The standard InChI is InChI=1S/C22H28F4N2O4/c23-17-4-6-18(7-5-17)31-16-21(14-20(30)27-10-2-1-3-11-27)15-28(12-13-32-21)19(29)8-9-22(24,25)26/h4-7H,1-3,8-16H2. The molecule has 0 aliphatic carbocycles. The maximum atomic E-state index is 13.2. The maximum absolute atomic E-state index is 13.2. The first-order valence-electron chi connectivity index (χ1n) is 10.8. The summed E-state index contributed by atoms with van der Waals surface area (Å²) in [6, 6.07) is 5.33. The van der Waals surface area contributed by atoms with Crippen LogP contribution >= 0.6 is 0 Å². The van der Waals surface area contributed by atoms with Crippen molar-refractivity contribution in [3.63, 3.8) is 0 Å². The SMILES string of the molecule is O=C(CC1(COc2ccc(F)cc2)CN(C(=O)CCC(F)(F)F)CCO1)N1CCCCC1. The Morgan fingerprint density at radius 3 is 2.34 bits per heavy atom. The molecule has 2 saturated heterocycles. The number of ether oxygens (including phenoxy) is 2. The third-order valence-corrected chi connectivity index (χ3v) is 5.72. The van der Waals surface area contributed by atoms with Crippen molar-refractivity contribution in [1.29, 1.82) is 0 Å². The first kappa shape index (κ1) is 24.3. The highest BCUT2D eigenvalue weighted by Crippen LogP contribution is 2.28. The number of benzene rings is 1. The molecule has 1 aromatic carbocycles. The molecule has 0 spiro atoms. The fourth-order valence-corrected chi connectivity index (χ4v) is 3.99. The summed E-state index contributed by atoms with van der Waals surface area (Å²) >= 11 is 0. The number of likely N-dealkylation sites (tertiary alicyclic amines) is 1. The molecule has 2 fully saturated rings. The number of halogens is 4. The van der Waals surface area contributed by atoms with Crippen LogP contribution in [0.5, 0.6) is 5.75 Å². The van der Waals surface area contributed by atoms with E-state index in [-0.39, 0.29) is 38.6 Å². The van der Waals surface area contributed by atoms with E-state index < -0.39 is 36.3 Å². The van der Waals surface area contributed by atoms with Gasteiger partial charge in [-0.3, -0.25) is 9.59 Å². The van der Waals surface area contributed by atoms with Crippen molar-refractivity contribution in [2.24, 2.45) is 0 Å². The Hall–Kier alpha value is -2.36. The molecule has 1 unspecified atom stereocenters. The molecule has 32 heavy (non-hydrogen) atoms. The van der Waals surface area contributed by atoms with E-state index in [1.807, 2.05) is 0 Å². The van der Waals surface area contributed by atoms with E-state index in [0.717, 1.165) is 19.3 Å². The normalized spacial score (nSPS) is 22.0. The second kappa shape index (κ2) is 10.5. The number of alkyl halides is 3. The van der Waals surface area contributed by atoms with Crippen molar-refractivity contribution >= 4 is 11.8 Å². The third kappa shape index (κ3) is 7.08. The predicted molar refractivity (Wildman–Crippen MR) is 107 cm³/mol. The number of piperidine rings is 1. The molecule has 0 radical (unpaired) electrons. The van der Waals surface area contributed by atoms with Gasteiger partial charge in [0.2, 0.25) is 11.8 Å². The Morgan fingerprint density at radius 1 is 1.00 bits per heavy atom. The van der Waals surface area contributed by atoms with E-state index in [4.69, 9.17) is 9.47 Å². The molecule has 2 aliphatic rings. The zero-order valence-electron chi connectivity index (χ0n) is 17.8. The molecular formula is C22H28F4N2O4. The summed E-state index contributed by atoms with van der Waals surface area (Å²) in [6.45, 7) is 1.36. The minimum absolute atomic E-state index is 0.0511. The highest BCUT2D eigenvalue weighted by atomic mass is 19.4. The van der Waals surface area contributed by atoms with Gasteiger partial charge in [-0.25, -0.2) is 4.39 Å². The van der Waals surface area contributed by atoms with E-state index in [0.29, 0.717) is 18.8 Å². The Balaban J connectivity index is 1.71. The van der Waals surface area contributed by atoms with Crippen molar-refractivity contribution in [3.8, 4) is 5.75 Å². The largest absolute Gasteiger partial charge is 0.490 e. The van der Waals surface area contributed by atoms with Crippen molar-refractivity contribution in [1.82, 2.24) is 9.80 Å². The maximum Gasteiger partial charge on any atom is 0.389 e. The Labute approximate surface area is 184 Å². The summed E-state index contributed by atoms with van der Waals surface area (Å²) in [4.78, 5) is 28.4. The number of amides is 2. The fraction of sp³-hybridized carbons (Fsp3) is 0.636. The third-order valence-electron chi connectivity index (χ3n) is 5.72. The number of morpholine rings is 1. The van der Waals surface area contributed by atoms with Gasteiger partial charge in [0.05, 0.1) is 26.0 Å². The number of hydrogen-bond donors (Lipinski definition) is 0. The van der Waals surface area contributed by atoms with Crippen LogP contribution in [0.4, 0.5) is 17.6 Å². The van der Waals surface area contributed by atoms with Crippen molar-refractivity contribution in [2.75, 3.05) is 39.4 Å². The summed E-state index contributed by atoms with van der Waals surface area (Å²) in [5.74, 6) is -0.845. The Kier molecular flexibility index (Phi) is 7.97. The van der Waals surface area contributed by atoms with E-state index in [1.165, 1.54) is 29.2 Å². The topological polar surface area (TPSA) is 59.1 Å². The number of hydrogen-bond acceptors (Lipinski definition) is 4. The lowest BCUT2D eigenvalue weighted by Crippen LogP contribution is -2.58. The molecule has 6 nitrogen and oxygen atoms in total. The molecular weight excluding hydrogens is 432 g/mol. The summed E-state index contributed by atoms with van der Waals surface area (Å²) in [5.41, 5.74) is -1.20. The van der Waals surface area contributed by atoms with E-state index in [1.54, 1.807) is 4.90 Å². The van der Waals surface area contributed by atoms with Gasteiger partial charge in [-0.15, -0.1) is 0 Å². The monoisotopic (exact) mass is 460 g/mol. The quantitative estimate of drug-likeness (QED) is 0.584. The van der Waals surface area contributed by atoms with Gasteiger partial charge in [0, 0.05) is 26.1 Å². The molecule has 0 saturated carbocycles. The molecule has 1 aromatic rings. The Morgan fingerprint density at radius 2 is 1.69 bits per heavy atom. The fourth-order valence-electron chi connectivity index (χ4n) is 3.99. The van der Waals surface area contributed by atoms with E-state index >= 15 is 0 Å². The van der Waals surface area contributed by atoms with Crippen LogP contribution in [-0.4, -0.2) is 72.8 Å². The van der Waals surface area contributed by atoms with Crippen LogP contribution in [-0.2, 0) is 14.3 Å². The molecule has 1 atom stereocenters. The van der Waals surface area contributed by atoms with Crippen molar-refractivity contribution in [2.45, 2.75) is 50.3 Å². The number of nitrogens with zero attached hydrogens (tertiary/aromatic N) is 2. The van der Waals surface area contributed by atoms with Crippen LogP contribution in [0, 0.1) is 5.82 Å². The van der Waals surface area contributed by atoms with Crippen LogP contribution in [0.15, 0.2) is 24.3 Å². The van der Waals surface area contributed by atoms with Gasteiger partial charge in [0.1, 0.15) is 23.8 Å². The molecule has 10 heteroatoms. The molecule has 2 amide bonds. The van der Waals surface area contributed by atoms with Gasteiger partial charge in [-0.1, -0.05) is 0 Å². The lowest BCUT2D eigenvalue weighted by molar-refractivity contribution is -0.170. The van der Waals surface area contributed by atoms with Gasteiger partial charge < -0.3 is 19.3 Å². The van der Waals surface area contributed by atoms with Crippen LogP contribution < -0.4 is 4.74 Å². The van der Waals surface area contributed by atoms with E-state index in [9.17, 15) is 27.2 Å². The molecule has 0 aromatic heterocycles. The minimum Gasteiger partial charge on any atom is -0.490 e. The molecule has 2 heterocycles. The number of carbonyl (C=O) groups excluding carboxylic acids is 2. The van der Waals surface area contributed by atoms with Gasteiger partial charge in [-0.2, -0.15) is 13.2 Å². The summed E-state index contributed by atoms with van der Waals surface area (Å²) in [6.07, 6.45) is -3.46. The minimum atomic E-state index is -4.42. The average molecular weight is 460 g/mol. The van der Waals surface area contributed by atoms with Gasteiger partial charge in [0.25, 0.3) is 0 Å². The van der Waals surface area contributed by atoms with Gasteiger partial charge in [0.15, 0.2) is 0 Å². The molecule has 2 aliphatic heterocycles. The zero-order chi connectivity index (χ0) is 23.2. The van der Waals surface area contributed by atoms with Gasteiger partial charge >= 0.3 is 6.18 Å². The zero-order valence-corrected chi connectivity index (χ0v) is 17.8. The second-order valence-corrected chi connectivity index (χ2v) is 8.32.